The zero-order chi connectivity index (χ0) is 23.6. The van der Waals surface area contributed by atoms with Gasteiger partial charge in [0.05, 0.1) is 0 Å². The molecular formula is C22H18N2O7S2. The molecule has 2 heterocycles. The second kappa shape index (κ2) is 9.04. The Kier molecular flexibility index (Phi) is 6.16. The highest BCUT2D eigenvalue weighted by Crippen LogP contribution is 2.33. The third-order valence-corrected chi connectivity index (χ3v) is 6.26. The summed E-state index contributed by atoms with van der Waals surface area (Å²) in [6, 6.07) is 10.1. The molecule has 170 valence electrons. The summed E-state index contributed by atoms with van der Waals surface area (Å²) in [5.74, 6) is -0.322. The molecule has 2 amide bonds. The number of thiocarbonyl (C=S) groups is 1. The van der Waals surface area contributed by atoms with Crippen LogP contribution in [0.15, 0.2) is 65.6 Å². The summed E-state index contributed by atoms with van der Waals surface area (Å²) in [6.07, 6.45) is 2.88. The molecule has 2 aromatic carbocycles. The third-order valence-electron chi connectivity index (χ3n) is 4.70. The number of benzene rings is 2. The van der Waals surface area contributed by atoms with Gasteiger partial charge in [-0.05, 0) is 48.1 Å². The van der Waals surface area contributed by atoms with Crippen molar-refractivity contribution in [2.24, 2.45) is 0 Å². The van der Waals surface area contributed by atoms with Gasteiger partial charge >= 0.3 is 10.1 Å². The molecule has 0 bridgehead atoms. The molecule has 11 heteroatoms. The average Bonchev–Trinajstić information content (AvgIpc) is 2.80. The molecule has 0 atom stereocenters. The number of hydrogen-bond acceptors (Lipinski definition) is 8. The van der Waals surface area contributed by atoms with Crippen LogP contribution in [0.5, 0.6) is 17.2 Å². The van der Waals surface area contributed by atoms with Crippen LogP contribution in [-0.2, 0) is 19.7 Å². The summed E-state index contributed by atoms with van der Waals surface area (Å²) >= 11 is 5.02. The Morgan fingerprint density at radius 2 is 1.79 bits per heavy atom. The van der Waals surface area contributed by atoms with Crippen molar-refractivity contribution in [1.82, 2.24) is 10.2 Å². The lowest BCUT2D eigenvalue weighted by Gasteiger charge is -2.27. The molecule has 2 aliphatic heterocycles. The number of fused-ring (bicyclic) bond motifs is 1. The number of carbonyl (C=O) groups is 2. The molecule has 2 aromatic rings. The zero-order valence-electron chi connectivity index (χ0n) is 17.1. The molecule has 9 nitrogen and oxygen atoms in total. The van der Waals surface area contributed by atoms with Gasteiger partial charge < -0.3 is 13.7 Å². The van der Waals surface area contributed by atoms with Crippen molar-refractivity contribution in [3.63, 3.8) is 0 Å². The molecule has 1 saturated heterocycles. The van der Waals surface area contributed by atoms with Gasteiger partial charge in [-0.25, -0.2) is 0 Å². The fraction of sp³-hybridized carbons (Fsp3) is 0.136. The van der Waals surface area contributed by atoms with Gasteiger partial charge in [0.2, 0.25) is 0 Å². The van der Waals surface area contributed by atoms with Crippen LogP contribution in [0.4, 0.5) is 0 Å². The zero-order valence-corrected chi connectivity index (χ0v) is 18.8. The van der Waals surface area contributed by atoms with Gasteiger partial charge in [0.15, 0.2) is 16.6 Å². The van der Waals surface area contributed by atoms with Crippen LogP contribution >= 0.6 is 12.2 Å². The van der Waals surface area contributed by atoms with Crippen LogP contribution in [0.1, 0.15) is 5.56 Å². The second-order valence-electron chi connectivity index (χ2n) is 6.93. The van der Waals surface area contributed by atoms with Crippen LogP contribution in [0.25, 0.3) is 6.08 Å². The molecule has 0 spiro atoms. The third kappa shape index (κ3) is 4.73. The van der Waals surface area contributed by atoms with E-state index >= 15 is 0 Å². The number of ether oxygens (including phenoxy) is 2. The predicted molar refractivity (Wildman–Crippen MR) is 122 cm³/mol. The summed E-state index contributed by atoms with van der Waals surface area (Å²) in [4.78, 5) is 25.9. The molecular weight excluding hydrogens is 468 g/mol. The average molecular weight is 487 g/mol. The maximum absolute atomic E-state index is 12.6. The Morgan fingerprint density at radius 3 is 2.48 bits per heavy atom. The smallest absolute Gasteiger partial charge is 0.339 e. The van der Waals surface area contributed by atoms with Crippen molar-refractivity contribution in [2.45, 2.75) is 4.90 Å². The molecule has 1 fully saturated rings. The fourth-order valence-corrected chi connectivity index (χ4v) is 4.33. The number of nitrogens with one attached hydrogen (secondary N) is 1. The molecule has 33 heavy (non-hydrogen) atoms. The number of hydrogen-bond donors (Lipinski definition) is 1. The van der Waals surface area contributed by atoms with E-state index in [1.807, 2.05) is 0 Å². The monoisotopic (exact) mass is 486 g/mol. The van der Waals surface area contributed by atoms with Gasteiger partial charge in [0.1, 0.15) is 29.4 Å². The number of amides is 2. The van der Waals surface area contributed by atoms with Crippen LogP contribution in [0.2, 0.25) is 0 Å². The summed E-state index contributed by atoms with van der Waals surface area (Å²) < 4.78 is 41.3. The van der Waals surface area contributed by atoms with Crippen molar-refractivity contribution in [3.8, 4) is 17.2 Å². The van der Waals surface area contributed by atoms with E-state index < -0.39 is 21.9 Å². The van der Waals surface area contributed by atoms with Gasteiger partial charge in [0, 0.05) is 12.6 Å². The molecule has 0 aliphatic carbocycles. The topological polar surface area (TPSA) is 111 Å². The molecule has 1 N–H and O–H groups in total. The lowest BCUT2D eigenvalue weighted by Crippen LogP contribution is -2.53. The van der Waals surface area contributed by atoms with E-state index in [1.165, 1.54) is 59.5 Å². The number of carbonyl (C=O) groups excluding carboxylic acids is 2. The first-order chi connectivity index (χ1) is 15.8. The number of rotatable bonds is 6. The minimum absolute atomic E-state index is 0.00939. The molecule has 0 radical (unpaired) electrons. The first kappa shape index (κ1) is 22.5. The van der Waals surface area contributed by atoms with E-state index in [0.29, 0.717) is 30.3 Å². The highest BCUT2D eigenvalue weighted by atomic mass is 32.2. The number of nitrogens with zero attached hydrogens (tertiary/aromatic N) is 1. The molecule has 0 unspecified atom stereocenters. The molecule has 0 aromatic heterocycles. The van der Waals surface area contributed by atoms with E-state index in [2.05, 4.69) is 11.9 Å². The highest BCUT2D eigenvalue weighted by molar-refractivity contribution is 7.87. The lowest BCUT2D eigenvalue weighted by atomic mass is 10.1. The first-order valence-corrected chi connectivity index (χ1v) is 11.5. The summed E-state index contributed by atoms with van der Waals surface area (Å²) in [7, 11) is -4.12. The van der Waals surface area contributed by atoms with Crippen molar-refractivity contribution < 1.29 is 31.7 Å². The fourth-order valence-electron chi connectivity index (χ4n) is 3.13. The minimum Gasteiger partial charge on any atom is -0.486 e. The van der Waals surface area contributed by atoms with E-state index in [4.69, 9.17) is 25.9 Å². The van der Waals surface area contributed by atoms with Gasteiger partial charge in [0.25, 0.3) is 11.8 Å². The van der Waals surface area contributed by atoms with Crippen LogP contribution in [0, 0.1) is 0 Å². The van der Waals surface area contributed by atoms with Crippen molar-refractivity contribution >= 4 is 45.3 Å². The minimum atomic E-state index is -4.12. The Hall–Kier alpha value is -3.70. The summed E-state index contributed by atoms with van der Waals surface area (Å²) in [5, 5.41) is 2.46. The van der Waals surface area contributed by atoms with Crippen LogP contribution < -0.4 is 19.0 Å². The van der Waals surface area contributed by atoms with Gasteiger partial charge in [-0.2, -0.15) is 8.42 Å². The van der Waals surface area contributed by atoms with Crippen molar-refractivity contribution in [3.05, 3.63) is 66.3 Å². The van der Waals surface area contributed by atoms with Gasteiger partial charge in [-0.15, -0.1) is 6.58 Å². The van der Waals surface area contributed by atoms with Gasteiger partial charge in [-0.3, -0.25) is 19.8 Å². The predicted octanol–water partition coefficient (Wildman–Crippen LogP) is 2.04. The quantitative estimate of drug-likeness (QED) is 0.217. The SMILES string of the molecule is C=CCN1C(=O)/C(=C/c2ccc(OS(=O)(=O)c3ccc4c(c3)OCCO4)cc2)C(=O)NC1=S. The summed E-state index contributed by atoms with van der Waals surface area (Å²) in [6.45, 7) is 4.44. The highest BCUT2D eigenvalue weighted by Gasteiger charge is 2.32. The lowest BCUT2D eigenvalue weighted by molar-refractivity contribution is -0.128. The van der Waals surface area contributed by atoms with E-state index in [9.17, 15) is 18.0 Å². The van der Waals surface area contributed by atoms with Crippen LogP contribution in [-0.4, -0.2) is 50.0 Å². The first-order valence-electron chi connectivity index (χ1n) is 9.72. The van der Waals surface area contributed by atoms with Crippen molar-refractivity contribution in [1.29, 1.82) is 0 Å². The molecule has 0 saturated carbocycles. The van der Waals surface area contributed by atoms with E-state index in [0.717, 1.165) is 0 Å². The standard InChI is InChI=1S/C22H18N2O7S2/c1-2-9-24-21(26)17(20(25)23-22(24)32)12-14-3-5-15(6-4-14)31-33(27,28)16-7-8-18-19(13-16)30-11-10-29-18/h2-8,12-13H,1,9-11H2,(H,23,25,32)/b17-12+. The maximum atomic E-state index is 12.6. The Bertz CT molecular complexity index is 1280. The van der Waals surface area contributed by atoms with E-state index in [-0.39, 0.29) is 27.9 Å². The van der Waals surface area contributed by atoms with Gasteiger partial charge in [-0.1, -0.05) is 18.2 Å². The Morgan fingerprint density at radius 1 is 1.09 bits per heavy atom. The molecule has 2 aliphatic rings. The Labute approximate surface area is 195 Å². The molecule has 4 rings (SSSR count). The maximum Gasteiger partial charge on any atom is 0.339 e. The summed E-state index contributed by atoms with van der Waals surface area (Å²) in [5.41, 5.74) is 0.381. The Balaban J connectivity index is 1.52. The van der Waals surface area contributed by atoms with E-state index in [1.54, 1.807) is 0 Å². The normalized spacial score (nSPS) is 17.0. The van der Waals surface area contributed by atoms with Crippen molar-refractivity contribution in [2.75, 3.05) is 19.8 Å². The second-order valence-corrected chi connectivity index (χ2v) is 8.87. The van der Waals surface area contributed by atoms with Crippen LogP contribution in [0.3, 0.4) is 0 Å². The largest absolute Gasteiger partial charge is 0.486 e.